The van der Waals surface area contributed by atoms with E-state index in [2.05, 4.69) is 16.2 Å². The van der Waals surface area contributed by atoms with Gasteiger partial charge in [-0.15, -0.1) is 6.42 Å². The predicted octanol–water partition coefficient (Wildman–Crippen LogP) is 5.95. The Morgan fingerprint density at radius 2 is 1.89 bits per heavy atom. The number of nitrogens with zero attached hydrogens (tertiary/aromatic N) is 3. The van der Waals surface area contributed by atoms with Crippen molar-refractivity contribution >= 4 is 11.9 Å². The van der Waals surface area contributed by atoms with Gasteiger partial charge in [-0.2, -0.15) is 0 Å². The first-order valence-electron chi connectivity index (χ1n) is 15.7. The van der Waals surface area contributed by atoms with E-state index in [1.165, 1.54) is 12.4 Å². The molecule has 3 atom stereocenters. The summed E-state index contributed by atoms with van der Waals surface area (Å²) in [6.07, 6.45) is 4.88. The number of rotatable bonds is 13. The molecule has 4 rings (SSSR count). The molecule has 1 unspecified atom stereocenters. The number of alkyl halides is 3. The van der Waals surface area contributed by atoms with Gasteiger partial charge in [-0.05, 0) is 84.9 Å². The first kappa shape index (κ1) is 35.4. The molecule has 3 aromatic rings. The molecule has 47 heavy (non-hydrogen) atoms. The summed E-state index contributed by atoms with van der Waals surface area (Å²) in [6, 6.07) is 6.33. The predicted molar refractivity (Wildman–Crippen MR) is 174 cm³/mol. The molecule has 250 valence electrons. The van der Waals surface area contributed by atoms with E-state index < -0.39 is 54.1 Å². The number of nitrogens with one attached hydrogen (secondary N) is 1. The summed E-state index contributed by atoms with van der Waals surface area (Å²) in [5.41, 5.74) is 2.72. The first-order valence-corrected chi connectivity index (χ1v) is 15.7. The number of pyridine rings is 2. The van der Waals surface area contributed by atoms with Crippen molar-refractivity contribution in [3.63, 3.8) is 0 Å². The number of benzene rings is 1. The average molecular weight is 651 g/mol. The summed E-state index contributed by atoms with van der Waals surface area (Å²) in [4.78, 5) is 45.7. The molecule has 11 heteroatoms. The van der Waals surface area contributed by atoms with Gasteiger partial charge in [0.25, 0.3) is 12.0 Å². The zero-order chi connectivity index (χ0) is 34.4. The van der Waals surface area contributed by atoms with Crippen LogP contribution in [0.5, 0.6) is 0 Å². The minimum absolute atomic E-state index is 0.120. The molecule has 1 saturated heterocycles. The number of likely N-dealkylation sites (tertiary alicyclic amines) is 1. The largest absolute Gasteiger partial charge is 0.481 e. The van der Waals surface area contributed by atoms with Gasteiger partial charge >= 0.3 is 5.97 Å². The minimum Gasteiger partial charge on any atom is -0.481 e. The second-order valence-electron chi connectivity index (χ2n) is 12.6. The molecule has 2 aromatic heterocycles. The van der Waals surface area contributed by atoms with Crippen molar-refractivity contribution in [2.45, 2.75) is 78.1 Å². The molecule has 0 spiro atoms. The van der Waals surface area contributed by atoms with Crippen molar-refractivity contribution in [3.8, 4) is 23.5 Å². The lowest BCUT2D eigenvalue weighted by Crippen LogP contribution is -2.41. The zero-order valence-corrected chi connectivity index (χ0v) is 27.1. The maximum absolute atomic E-state index is 14.1. The van der Waals surface area contributed by atoms with Crippen molar-refractivity contribution in [1.29, 1.82) is 0 Å². The minimum atomic E-state index is -3.08. The monoisotopic (exact) mass is 650 g/mol. The Morgan fingerprint density at radius 1 is 1.19 bits per heavy atom. The number of carbonyl (C=O) groups is 2. The van der Waals surface area contributed by atoms with Crippen LogP contribution in [0.3, 0.4) is 0 Å². The van der Waals surface area contributed by atoms with Gasteiger partial charge in [-0.3, -0.25) is 14.4 Å². The lowest BCUT2D eigenvalue weighted by molar-refractivity contribution is -0.138. The lowest BCUT2D eigenvalue weighted by Gasteiger charge is -2.26. The van der Waals surface area contributed by atoms with Crippen LogP contribution in [0, 0.1) is 32.1 Å². The molecule has 2 N–H and O–H groups in total. The fraction of sp³-hybridized carbons (Fsp3) is 0.444. The second-order valence-corrected chi connectivity index (χ2v) is 12.6. The van der Waals surface area contributed by atoms with Crippen LogP contribution < -0.4 is 10.9 Å². The third-order valence-corrected chi connectivity index (χ3v) is 8.52. The number of carboxylic acids is 1. The van der Waals surface area contributed by atoms with Crippen molar-refractivity contribution in [2.75, 3.05) is 19.6 Å². The van der Waals surface area contributed by atoms with E-state index >= 15 is 0 Å². The molecular formula is C36H41F3N4O4. The highest BCUT2D eigenvalue weighted by Crippen LogP contribution is 2.32. The maximum Gasteiger partial charge on any atom is 0.305 e. The van der Waals surface area contributed by atoms with E-state index in [0.717, 1.165) is 27.3 Å². The van der Waals surface area contributed by atoms with Crippen LogP contribution in [-0.4, -0.2) is 57.2 Å². The molecule has 1 aliphatic rings. The molecule has 0 bridgehead atoms. The summed E-state index contributed by atoms with van der Waals surface area (Å²) >= 11 is 0. The summed E-state index contributed by atoms with van der Waals surface area (Å²) < 4.78 is 43.0. The Morgan fingerprint density at radius 3 is 2.47 bits per heavy atom. The van der Waals surface area contributed by atoms with E-state index in [9.17, 15) is 32.7 Å². The lowest BCUT2D eigenvalue weighted by atomic mass is 9.92. The summed E-state index contributed by atoms with van der Waals surface area (Å²) in [6.45, 7) is 8.72. The number of hydrogen-bond donors (Lipinski definition) is 2. The number of aryl methyl sites for hydroxylation is 2. The van der Waals surface area contributed by atoms with Crippen LogP contribution in [0.4, 0.5) is 13.2 Å². The third kappa shape index (κ3) is 8.69. The number of carbonyl (C=O) groups excluding carboxylic acids is 1. The second kappa shape index (κ2) is 15.4. The van der Waals surface area contributed by atoms with Crippen LogP contribution in [0.2, 0.25) is 0 Å². The zero-order valence-electron chi connectivity index (χ0n) is 27.1. The number of hydrogen-bond acceptors (Lipinski definition) is 5. The summed E-state index contributed by atoms with van der Waals surface area (Å²) in [5.74, 6) is 0.558. The number of carboxylic acid groups (broad SMARTS) is 1. The highest BCUT2D eigenvalue weighted by atomic mass is 19.3. The molecule has 0 saturated carbocycles. The highest BCUT2D eigenvalue weighted by molar-refractivity contribution is 5.82. The van der Waals surface area contributed by atoms with Crippen LogP contribution in [-0.2, 0) is 16.0 Å². The van der Waals surface area contributed by atoms with Gasteiger partial charge in [0.05, 0.1) is 18.0 Å². The van der Waals surface area contributed by atoms with Gasteiger partial charge in [0.2, 0.25) is 5.91 Å². The third-order valence-electron chi connectivity index (χ3n) is 8.52. The molecular weight excluding hydrogens is 609 g/mol. The smallest absolute Gasteiger partial charge is 0.305 e. The Labute approximate surface area is 273 Å². The highest BCUT2D eigenvalue weighted by Gasteiger charge is 2.30. The van der Waals surface area contributed by atoms with Gasteiger partial charge in [0, 0.05) is 37.6 Å². The molecule has 1 aromatic carbocycles. The number of halogens is 3. The topological polar surface area (TPSA) is 105 Å². The molecule has 1 amide bonds. The van der Waals surface area contributed by atoms with Crippen LogP contribution >= 0.6 is 0 Å². The fourth-order valence-corrected chi connectivity index (χ4v) is 6.19. The maximum atomic E-state index is 14.1. The Kier molecular flexibility index (Phi) is 11.6. The average Bonchev–Trinajstić information content (AvgIpc) is 3.43. The molecule has 0 radical (unpaired) electrons. The van der Waals surface area contributed by atoms with Gasteiger partial charge in [0.15, 0.2) is 0 Å². The fourth-order valence-electron chi connectivity index (χ4n) is 6.19. The standard InChI is InChI=1S/C36H41F3N4O4/c1-6-29-27(33-22(4)8-7-9-23(33)5)16-25(18-40-29)30(17-32(44)45)41-35(46)31(14-21(2)3)43-19-24(15-28(34(38)39)36(43)47)10-12-42-13-11-26(37)20-42/h1,7-9,15-16,18-19,21,26,30-31,34H,10-14,17,20H2,2-5H3,(H,41,46)(H,44,45)/t26?,30-,31+/m1/s1. The van der Waals surface area contributed by atoms with Crippen LogP contribution in [0.15, 0.2) is 47.5 Å². The van der Waals surface area contributed by atoms with Crippen molar-refractivity contribution < 1.29 is 27.9 Å². The molecule has 1 fully saturated rings. The van der Waals surface area contributed by atoms with Gasteiger partial charge in [0.1, 0.15) is 17.9 Å². The van der Waals surface area contributed by atoms with Gasteiger partial charge < -0.3 is 19.9 Å². The van der Waals surface area contributed by atoms with Gasteiger partial charge in [-0.1, -0.05) is 32.0 Å². The van der Waals surface area contributed by atoms with E-state index in [1.807, 2.05) is 50.8 Å². The van der Waals surface area contributed by atoms with Crippen LogP contribution in [0.1, 0.15) is 85.1 Å². The molecule has 1 aliphatic heterocycles. The van der Waals surface area contributed by atoms with E-state index in [4.69, 9.17) is 6.42 Å². The Balaban J connectivity index is 1.73. The molecule has 8 nitrogen and oxygen atoms in total. The number of terminal acetylenes is 1. The first-order chi connectivity index (χ1) is 22.3. The van der Waals surface area contributed by atoms with E-state index in [0.29, 0.717) is 41.9 Å². The molecule has 0 aliphatic carbocycles. The molecule has 3 heterocycles. The van der Waals surface area contributed by atoms with E-state index in [1.54, 1.807) is 6.07 Å². The normalized spacial score (nSPS) is 16.3. The summed E-state index contributed by atoms with van der Waals surface area (Å²) in [5, 5.41) is 12.6. The van der Waals surface area contributed by atoms with Gasteiger partial charge in [-0.25, -0.2) is 18.2 Å². The number of aliphatic carboxylic acids is 1. The van der Waals surface area contributed by atoms with Crippen molar-refractivity contribution in [2.24, 2.45) is 5.92 Å². The Hall–Kier alpha value is -4.43. The summed E-state index contributed by atoms with van der Waals surface area (Å²) in [7, 11) is 0. The number of amides is 1. The Bertz CT molecular complexity index is 1690. The van der Waals surface area contributed by atoms with E-state index in [-0.39, 0.29) is 25.3 Å². The number of aromatic nitrogens is 2. The van der Waals surface area contributed by atoms with Crippen molar-refractivity contribution in [3.05, 3.63) is 86.6 Å². The van der Waals surface area contributed by atoms with Crippen molar-refractivity contribution in [1.82, 2.24) is 19.8 Å². The van der Waals surface area contributed by atoms with Crippen LogP contribution in [0.25, 0.3) is 11.1 Å². The SMILES string of the molecule is C#Cc1ncc([C@@H](CC(=O)O)NC(=O)[C@H](CC(C)C)n2cc(CCN3CCC(F)C3)cc(C(F)F)c2=O)cc1-c1c(C)cccc1C. The quantitative estimate of drug-likeness (QED) is 0.222.